The van der Waals surface area contributed by atoms with Crippen LogP contribution < -0.4 is 5.73 Å². The van der Waals surface area contributed by atoms with Gasteiger partial charge in [0.15, 0.2) is 0 Å². The molecule has 88 valence electrons. The number of nitrogen functional groups attached to an aromatic ring is 1. The van der Waals surface area contributed by atoms with Crippen LogP contribution in [0.5, 0.6) is 0 Å². The lowest BCUT2D eigenvalue weighted by Crippen LogP contribution is -1.98. The van der Waals surface area contributed by atoms with Gasteiger partial charge in [-0.1, -0.05) is 37.6 Å². The SMILES string of the molecule is CCCc1ccc(Cc2ncc(N)cn2)cc1. The van der Waals surface area contributed by atoms with Gasteiger partial charge in [0.25, 0.3) is 0 Å². The summed E-state index contributed by atoms with van der Waals surface area (Å²) in [5, 5.41) is 0. The van der Waals surface area contributed by atoms with E-state index in [4.69, 9.17) is 5.73 Å². The van der Waals surface area contributed by atoms with Gasteiger partial charge in [-0.05, 0) is 17.5 Å². The van der Waals surface area contributed by atoms with E-state index in [-0.39, 0.29) is 0 Å². The second-order valence-electron chi connectivity index (χ2n) is 4.18. The van der Waals surface area contributed by atoms with Gasteiger partial charge in [-0.25, -0.2) is 9.97 Å². The van der Waals surface area contributed by atoms with E-state index in [1.54, 1.807) is 12.4 Å². The first-order valence-corrected chi connectivity index (χ1v) is 5.92. The van der Waals surface area contributed by atoms with E-state index < -0.39 is 0 Å². The highest BCUT2D eigenvalue weighted by Gasteiger charge is 1.99. The quantitative estimate of drug-likeness (QED) is 0.873. The minimum atomic E-state index is 0.604. The molecule has 0 aliphatic rings. The lowest BCUT2D eigenvalue weighted by Gasteiger charge is -2.03. The summed E-state index contributed by atoms with van der Waals surface area (Å²) in [7, 11) is 0. The fourth-order valence-corrected chi connectivity index (χ4v) is 1.75. The Morgan fingerprint density at radius 2 is 1.59 bits per heavy atom. The highest BCUT2D eigenvalue weighted by atomic mass is 14.9. The molecule has 0 saturated heterocycles. The summed E-state index contributed by atoms with van der Waals surface area (Å²) in [4.78, 5) is 8.39. The summed E-state index contributed by atoms with van der Waals surface area (Å²) >= 11 is 0. The van der Waals surface area contributed by atoms with Crippen molar-refractivity contribution in [3.63, 3.8) is 0 Å². The molecule has 3 heteroatoms. The van der Waals surface area contributed by atoms with Crippen LogP contribution >= 0.6 is 0 Å². The minimum absolute atomic E-state index is 0.604. The van der Waals surface area contributed by atoms with Gasteiger partial charge < -0.3 is 5.73 Å². The number of anilines is 1. The van der Waals surface area contributed by atoms with Gasteiger partial charge in [-0.15, -0.1) is 0 Å². The Labute approximate surface area is 102 Å². The number of rotatable bonds is 4. The summed E-state index contributed by atoms with van der Waals surface area (Å²) in [6.07, 6.45) is 6.37. The molecule has 0 atom stereocenters. The Kier molecular flexibility index (Phi) is 3.70. The van der Waals surface area contributed by atoms with Crippen molar-refractivity contribution < 1.29 is 0 Å². The summed E-state index contributed by atoms with van der Waals surface area (Å²) in [6.45, 7) is 2.19. The van der Waals surface area contributed by atoms with E-state index in [0.717, 1.165) is 18.7 Å². The fraction of sp³-hybridized carbons (Fsp3) is 0.286. The molecule has 0 radical (unpaired) electrons. The first kappa shape index (κ1) is 11.6. The molecular weight excluding hydrogens is 210 g/mol. The van der Waals surface area contributed by atoms with Crippen LogP contribution in [0.25, 0.3) is 0 Å². The molecule has 3 nitrogen and oxygen atoms in total. The van der Waals surface area contributed by atoms with Crippen LogP contribution in [0.1, 0.15) is 30.3 Å². The lowest BCUT2D eigenvalue weighted by atomic mass is 10.1. The van der Waals surface area contributed by atoms with E-state index in [0.29, 0.717) is 5.69 Å². The number of benzene rings is 1. The number of nitrogens with two attached hydrogens (primary N) is 1. The third-order valence-corrected chi connectivity index (χ3v) is 2.65. The second-order valence-corrected chi connectivity index (χ2v) is 4.18. The van der Waals surface area contributed by atoms with E-state index in [1.807, 2.05) is 0 Å². The molecule has 17 heavy (non-hydrogen) atoms. The van der Waals surface area contributed by atoms with Gasteiger partial charge in [0, 0.05) is 6.42 Å². The van der Waals surface area contributed by atoms with Crippen LogP contribution in [0, 0.1) is 0 Å². The standard InChI is InChI=1S/C14H17N3/c1-2-3-11-4-6-12(7-5-11)8-14-16-9-13(15)10-17-14/h4-7,9-10H,2-3,8,15H2,1H3. The summed E-state index contributed by atoms with van der Waals surface area (Å²) in [5.74, 6) is 0.808. The molecule has 2 rings (SSSR count). The fourth-order valence-electron chi connectivity index (χ4n) is 1.75. The van der Waals surface area contributed by atoms with Gasteiger partial charge in [-0.2, -0.15) is 0 Å². The average molecular weight is 227 g/mol. The maximum atomic E-state index is 5.55. The number of hydrogen-bond acceptors (Lipinski definition) is 3. The van der Waals surface area contributed by atoms with Crippen LogP contribution in [0.15, 0.2) is 36.7 Å². The first-order valence-electron chi connectivity index (χ1n) is 5.92. The van der Waals surface area contributed by atoms with Crippen molar-refractivity contribution in [1.82, 2.24) is 9.97 Å². The maximum Gasteiger partial charge on any atom is 0.132 e. The van der Waals surface area contributed by atoms with Crippen molar-refractivity contribution in [2.45, 2.75) is 26.2 Å². The van der Waals surface area contributed by atoms with Gasteiger partial charge >= 0.3 is 0 Å². The Morgan fingerprint density at radius 3 is 2.18 bits per heavy atom. The van der Waals surface area contributed by atoms with E-state index in [2.05, 4.69) is 41.2 Å². The molecule has 0 fully saturated rings. The first-order chi connectivity index (χ1) is 8.28. The molecule has 2 N–H and O–H groups in total. The van der Waals surface area contributed by atoms with Gasteiger partial charge in [-0.3, -0.25) is 0 Å². The van der Waals surface area contributed by atoms with Crippen molar-refractivity contribution in [2.75, 3.05) is 5.73 Å². The zero-order valence-corrected chi connectivity index (χ0v) is 10.1. The number of aryl methyl sites for hydroxylation is 1. The molecule has 0 unspecified atom stereocenters. The number of aromatic nitrogens is 2. The largest absolute Gasteiger partial charge is 0.396 e. The number of hydrogen-bond donors (Lipinski definition) is 1. The molecule has 0 aliphatic heterocycles. The summed E-state index contributed by atoms with van der Waals surface area (Å²) < 4.78 is 0. The summed E-state index contributed by atoms with van der Waals surface area (Å²) in [6, 6.07) is 8.64. The lowest BCUT2D eigenvalue weighted by molar-refractivity contribution is 0.917. The molecule has 1 aromatic heterocycles. The zero-order valence-electron chi connectivity index (χ0n) is 10.1. The van der Waals surface area contributed by atoms with Crippen molar-refractivity contribution >= 4 is 5.69 Å². The molecule has 1 heterocycles. The van der Waals surface area contributed by atoms with Crippen molar-refractivity contribution in [1.29, 1.82) is 0 Å². The Morgan fingerprint density at radius 1 is 1.00 bits per heavy atom. The van der Waals surface area contributed by atoms with Crippen LogP contribution in [0.4, 0.5) is 5.69 Å². The smallest absolute Gasteiger partial charge is 0.132 e. The average Bonchev–Trinajstić information content (AvgIpc) is 2.35. The molecule has 0 aliphatic carbocycles. The third kappa shape index (κ3) is 3.28. The van der Waals surface area contributed by atoms with E-state index in [1.165, 1.54) is 17.5 Å². The summed E-state index contributed by atoms with van der Waals surface area (Å²) in [5.41, 5.74) is 8.77. The third-order valence-electron chi connectivity index (χ3n) is 2.65. The van der Waals surface area contributed by atoms with E-state index in [9.17, 15) is 0 Å². The molecule has 1 aromatic carbocycles. The minimum Gasteiger partial charge on any atom is -0.396 e. The molecule has 0 saturated carbocycles. The normalized spacial score (nSPS) is 10.4. The highest BCUT2D eigenvalue weighted by molar-refractivity contribution is 5.31. The predicted octanol–water partition coefficient (Wildman–Crippen LogP) is 2.60. The van der Waals surface area contributed by atoms with Gasteiger partial charge in [0.2, 0.25) is 0 Å². The second kappa shape index (κ2) is 5.43. The van der Waals surface area contributed by atoms with Gasteiger partial charge in [0.1, 0.15) is 5.82 Å². The molecule has 0 bridgehead atoms. The maximum absolute atomic E-state index is 5.55. The molecule has 0 amide bonds. The molecule has 0 spiro atoms. The van der Waals surface area contributed by atoms with Crippen molar-refractivity contribution in [2.24, 2.45) is 0 Å². The molecular formula is C14H17N3. The van der Waals surface area contributed by atoms with Crippen LogP contribution in [0.3, 0.4) is 0 Å². The Balaban J connectivity index is 2.05. The Bertz CT molecular complexity index is 460. The van der Waals surface area contributed by atoms with Crippen molar-refractivity contribution in [3.8, 4) is 0 Å². The predicted molar refractivity (Wildman–Crippen MR) is 69.7 cm³/mol. The number of nitrogens with zero attached hydrogens (tertiary/aromatic N) is 2. The van der Waals surface area contributed by atoms with Crippen molar-refractivity contribution in [3.05, 3.63) is 53.6 Å². The highest BCUT2D eigenvalue weighted by Crippen LogP contribution is 2.10. The van der Waals surface area contributed by atoms with E-state index >= 15 is 0 Å². The van der Waals surface area contributed by atoms with Gasteiger partial charge in [0.05, 0.1) is 18.1 Å². The van der Waals surface area contributed by atoms with Crippen LogP contribution in [-0.4, -0.2) is 9.97 Å². The topological polar surface area (TPSA) is 51.8 Å². The molecule has 2 aromatic rings. The zero-order chi connectivity index (χ0) is 12.1. The van der Waals surface area contributed by atoms with Crippen LogP contribution in [0.2, 0.25) is 0 Å². The Hall–Kier alpha value is -1.90. The monoisotopic (exact) mass is 227 g/mol. The van der Waals surface area contributed by atoms with Crippen LogP contribution in [-0.2, 0) is 12.8 Å².